The van der Waals surface area contributed by atoms with Crippen molar-refractivity contribution in [2.75, 3.05) is 0 Å². The van der Waals surface area contributed by atoms with E-state index in [9.17, 15) is 0 Å². The minimum absolute atomic E-state index is 0. The first-order valence-corrected chi connectivity index (χ1v) is 2.83. The Bertz CT molecular complexity index is 74.6. The molecular weight excluding hydrogens is 1440 g/mol. The van der Waals surface area contributed by atoms with E-state index in [2.05, 4.69) is 0 Å². The monoisotopic (exact) mass is 1450 g/mol. The molecule has 0 aliphatic heterocycles. The van der Waals surface area contributed by atoms with Crippen molar-refractivity contribution in [2.24, 2.45) is 0 Å². The second-order valence-electron chi connectivity index (χ2n) is 1.15. The van der Waals surface area contributed by atoms with Gasteiger partial charge in [0.2, 0.25) is 0 Å². The van der Waals surface area contributed by atoms with Gasteiger partial charge in [-0.25, -0.2) is 0 Å². The average Bonchev–Trinajstić information content (AvgIpc) is 1.76. The minimum Gasteiger partial charge on any atom is -0.907 e. The summed E-state index contributed by atoms with van der Waals surface area (Å²) in [6.45, 7) is 0. The molecule has 22 heteroatoms. The Kier molecular flexibility index (Phi) is 161. The van der Waals surface area contributed by atoms with Gasteiger partial charge >= 0.3 is 166 Å². The van der Waals surface area contributed by atoms with E-state index in [1.54, 1.807) is 0 Å². The van der Waals surface area contributed by atoms with Crippen molar-refractivity contribution in [3.05, 3.63) is 0 Å². The first-order valence-electron chi connectivity index (χ1n) is 2.83. The summed E-state index contributed by atoms with van der Waals surface area (Å²) < 4.78 is 0. The molecule has 0 amide bonds. The topological polar surface area (TPSA) is 277 Å². The van der Waals surface area contributed by atoms with Crippen molar-refractivity contribution in [3.63, 3.8) is 0 Å². The Labute approximate surface area is 250 Å². The molecule has 0 aromatic rings. The fourth-order valence-electron chi connectivity index (χ4n) is 0. The zero-order valence-corrected chi connectivity index (χ0v) is 44.4. The van der Waals surface area contributed by atoms with Crippen molar-refractivity contribution in [3.8, 4) is 0 Å². The van der Waals surface area contributed by atoms with Crippen LogP contribution in [0.15, 0.2) is 0 Å². The van der Waals surface area contributed by atoms with E-state index in [0.717, 1.165) is 0 Å². The van der Waals surface area contributed by atoms with Crippen LogP contribution in [0.1, 0.15) is 0 Å². The van der Waals surface area contributed by atoms with E-state index in [-0.39, 0.29) is 166 Å². The van der Waals surface area contributed by atoms with Crippen molar-refractivity contribution in [2.45, 2.75) is 0 Å². The fraction of sp³-hybridized carbons (Fsp3) is 0. The predicted molar refractivity (Wildman–Crippen MR) is 23.0 cm³/mol. The quantitative estimate of drug-likeness (QED) is 0.205. The summed E-state index contributed by atoms with van der Waals surface area (Å²) in [5.41, 5.74) is 0. The molecule has 0 aromatic carbocycles. The second-order valence-corrected chi connectivity index (χ2v) is 1.15. The Morgan fingerprint density at radius 1 is 0.227 bits per heavy atom. The standard InChI is InChI=1S/4BO3.6Hg/c4*2-1(3)4;;;;;;/q4*-3;6*+2. The van der Waals surface area contributed by atoms with E-state index < -0.39 is 29.3 Å². The number of hydrogen-bond donors (Lipinski definition) is 0. The molecule has 12 nitrogen and oxygen atoms in total. The molecule has 0 saturated heterocycles. The Balaban J connectivity index is -0.00000001000. The normalized spacial score (nSPS) is 4.91. The first kappa shape index (κ1) is 63.1. The van der Waals surface area contributed by atoms with Crippen LogP contribution in [0, 0.1) is 0 Å². The molecule has 0 bridgehead atoms. The molecule has 0 saturated carbocycles. The summed E-state index contributed by atoms with van der Waals surface area (Å²) in [6, 6.07) is 0. The van der Waals surface area contributed by atoms with Gasteiger partial charge in [-0.15, -0.1) is 0 Å². The molecule has 0 heterocycles. The maximum Gasteiger partial charge on any atom is 2.00 e. The Hall–Kier alpha value is 5.39. The van der Waals surface area contributed by atoms with Crippen LogP contribution in [0.2, 0.25) is 0 Å². The Morgan fingerprint density at radius 3 is 0.227 bits per heavy atom. The van der Waals surface area contributed by atoms with E-state index in [1.165, 1.54) is 0 Å². The van der Waals surface area contributed by atoms with Crippen LogP contribution in [0.4, 0.5) is 0 Å². The van der Waals surface area contributed by atoms with Crippen LogP contribution in [0.5, 0.6) is 0 Å². The smallest absolute Gasteiger partial charge is 0.907 e. The molecule has 0 N–H and O–H groups in total. The van der Waals surface area contributed by atoms with Gasteiger partial charge in [0, 0.05) is 0 Å². The van der Waals surface area contributed by atoms with Gasteiger partial charge in [0.25, 0.3) is 0 Å². The summed E-state index contributed by atoms with van der Waals surface area (Å²) in [7, 11) is -11.7. The van der Waals surface area contributed by atoms with E-state index in [4.69, 9.17) is 60.3 Å². The molecule has 96 valence electrons. The molecule has 0 radical (unpaired) electrons. The zero-order chi connectivity index (χ0) is 14.3. The molecule has 0 fully saturated rings. The van der Waals surface area contributed by atoms with Crippen LogP contribution in [0.25, 0.3) is 0 Å². The molecule has 0 spiro atoms. The summed E-state index contributed by atoms with van der Waals surface area (Å²) in [4.78, 5) is 0. The summed E-state index contributed by atoms with van der Waals surface area (Å²) in [5.74, 6) is 0. The largest absolute Gasteiger partial charge is 2.00 e. The van der Waals surface area contributed by atoms with Gasteiger partial charge in [0.05, 0.1) is 0 Å². The van der Waals surface area contributed by atoms with Gasteiger partial charge < -0.3 is 60.3 Å². The number of rotatable bonds is 0. The van der Waals surface area contributed by atoms with Gasteiger partial charge in [-0.05, 0) is 0 Å². The van der Waals surface area contributed by atoms with Gasteiger partial charge in [0.15, 0.2) is 0 Å². The van der Waals surface area contributed by atoms with Crippen molar-refractivity contribution < 1.29 is 226 Å². The van der Waals surface area contributed by atoms with Crippen molar-refractivity contribution in [1.29, 1.82) is 0 Å². The third-order valence-electron chi connectivity index (χ3n) is 0. The molecule has 22 heavy (non-hydrogen) atoms. The van der Waals surface area contributed by atoms with Gasteiger partial charge in [0.1, 0.15) is 0 Å². The van der Waals surface area contributed by atoms with Crippen LogP contribution in [0.3, 0.4) is 0 Å². The van der Waals surface area contributed by atoms with E-state index in [1.807, 2.05) is 0 Å². The van der Waals surface area contributed by atoms with E-state index in [0.29, 0.717) is 0 Å². The minimum atomic E-state index is -2.92. The van der Waals surface area contributed by atoms with Crippen LogP contribution < -0.4 is 60.3 Å². The van der Waals surface area contributed by atoms with E-state index >= 15 is 0 Å². The fourth-order valence-corrected chi connectivity index (χ4v) is 0. The molecule has 0 aliphatic rings. The van der Waals surface area contributed by atoms with Gasteiger partial charge in [-0.3, -0.25) is 29.3 Å². The second kappa shape index (κ2) is 56.3. The molecule has 0 aliphatic carbocycles. The average molecular weight is 1440 g/mol. The van der Waals surface area contributed by atoms with Crippen LogP contribution in [-0.2, 0) is 166 Å². The maximum atomic E-state index is 8.42. The number of hydrogen-bond acceptors (Lipinski definition) is 12. The van der Waals surface area contributed by atoms with Crippen molar-refractivity contribution >= 4 is 29.3 Å². The van der Waals surface area contributed by atoms with Crippen LogP contribution >= 0.6 is 0 Å². The molecule has 0 unspecified atom stereocenters. The SMILES string of the molecule is [Hg+2].[Hg+2].[Hg+2].[Hg+2].[Hg+2].[Hg+2].[O-]B([O-])[O-].[O-]B([O-])[O-].[O-]B([O-])[O-].[O-]B([O-])[O-]. The molecule has 0 rings (SSSR count). The first-order chi connectivity index (χ1) is 6.93. The van der Waals surface area contributed by atoms with Crippen LogP contribution in [-0.4, -0.2) is 29.3 Å². The third-order valence-corrected chi connectivity index (χ3v) is 0. The van der Waals surface area contributed by atoms with Gasteiger partial charge in [-0.2, -0.15) is 0 Å². The summed E-state index contributed by atoms with van der Waals surface area (Å²) in [5, 5.41) is 101. The molecule has 0 atom stereocenters. The Morgan fingerprint density at radius 2 is 0.227 bits per heavy atom. The van der Waals surface area contributed by atoms with Crippen molar-refractivity contribution in [1.82, 2.24) is 0 Å². The summed E-state index contributed by atoms with van der Waals surface area (Å²) in [6.07, 6.45) is 0. The maximum absolute atomic E-state index is 8.42. The van der Waals surface area contributed by atoms with Gasteiger partial charge in [-0.1, -0.05) is 0 Å². The zero-order valence-electron chi connectivity index (χ0n) is 11.5. The molecule has 0 aromatic heterocycles. The summed E-state index contributed by atoms with van der Waals surface area (Å²) >= 11 is 0. The molecular formula is B4Hg6O12. The third kappa shape index (κ3) is 520. The predicted octanol–water partition coefficient (Wildman–Crippen LogP) is -15.8.